The molecule has 0 radical (unpaired) electrons. The first-order valence-corrected chi connectivity index (χ1v) is 5.42. The molecule has 2 aliphatic heterocycles. The van der Waals surface area contributed by atoms with Gasteiger partial charge in [0.1, 0.15) is 11.5 Å². The molecule has 7 heteroatoms. The molecule has 2 rings (SSSR count). The summed E-state index contributed by atoms with van der Waals surface area (Å²) >= 11 is 0. The van der Waals surface area contributed by atoms with Crippen molar-refractivity contribution in [1.29, 1.82) is 0 Å². The van der Waals surface area contributed by atoms with Gasteiger partial charge in [-0.2, -0.15) is 0 Å². The molecule has 0 saturated carbocycles. The summed E-state index contributed by atoms with van der Waals surface area (Å²) in [6.07, 6.45) is -0.801. The van der Waals surface area contributed by atoms with Crippen LogP contribution in [0, 0.1) is 11.8 Å². The first-order chi connectivity index (χ1) is 7.91. The molecule has 1 N–H and O–H groups in total. The quantitative estimate of drug-likeness (QED) is 0.415. The van der Waals surface area contributed by atoms with Gasteiger partial charge in [0.25, 0.3) is 0 Å². The van der Waals surface area contributed by atoms with Crippen molar-refractivity contribution >= 4 is 11.9 Å². The van der Waals surface area contributed by atoms with Crippen molar-refractivity contribution in [1.82, 2.24) is 4.90 Å². The number of carboxylic acid groups (broad SMARTS) is 1. The maximum absolute atomic E-state index is 11.8. The van der Waals surface area contributed by atoms with Gasteiger partial charge in [0, 0.05) is 5.92 Å². The Balaban J connectivity index is 0.00000162. The summed E-state index contributed by atoms with van der Waals surface area (Å²) in [5.41, 5.74) is -0.202. The van der Waals surface area contributed by atoms with Gasteiger partial charge < -0.3 is 24.6 Å². The second-order valence-electron chi connectivity index (χ2n) is 4.46. The van der Waals surface area contributed by atoms with Crippen LogP contribution in [0.5, 0.6) is 0 Å². The smallest absolute Gasteiger partial charge is 0.543 e. The van der Waals surface area contributed by atoms with E-state index in [4.69, 9.17) is 4.74 Å². The normalized spacial score (nSPS) is 31.4. The fourth-order valence-corrected chi connectivity index (χ4v) is 2.79. The van der Waals surface area contributed by atoms with Gasteiger partial charge in [0.2, 0.25) is 5.91 Å². The zero-order valence-electron chi connectivity index (χ0n) is 10.8. The Labute approximate surface area is 147 Å². The Morgan fingerprint density at radius 2 is 2.11 bits per heavy atom. The van der Waals surface area contributed by atoms with Crippen LogP contribution in [0.4, 0.5) is 0 Å². The van der Waals surface area contributed by atoms with Crippen molar-refractivity contribution in [2.24, 2.45) is 11.8 Å². The molecule has 4 atom stereocenters. The Morgan fingerprint density at radius 3 is 2.50 bits per heavy atom. The molecule has 1 fully saturated rings. The third kappa shape index (κ3) is 2.06. The maximum atomic E-state index is 11.8. The average molecular weight is 279 g/mol. The minimum Gasteiger partial charge on any atom is -0.543 e. The Bertz CT molecular complexity index is 420. The number of carbonyl (C=O) groups excluding carboxylic acids is 2. The predicted molar refractivity (Wildman–Crippen MR) is 54.0 cm³/mol. The van der Waals surface area contributed by atoms with Crippen LogP contribution in [0.3, 0.4) is 0 Å². The molecule has 0 aromatic heterocycles. The van der Waals surface area contributed by atoms with Crippen molar-refractivity contribution in [2.75, 3.05) is 7.11 Å². The van der Waals surface area contributed by atoms with E-state index in [1.54, 1.807) is 6.92 Å². The fourth-order valence-electron chi connectivity index (χ4n) is 2.79. The molecule has 2 aliphatic rings. The van der Waals surface area contributed by atoms with E-state index >= 15 is 0 Å². The molecule has 6 nitrogen and oxygen atoms in total. The average Bonchev–Trinajstić information content (AvgIpc) is 2.47. The van der Waals surface area contributed by atoms with Crippen LogP contribution in [0.25, 0.3) is 0 Å². The molecule has 0 bridgehead atoms. The first-order valence-electron chi connectivity index (χ1n) is 5.42. The molecule has 0 aromatic rings. The molecular formula is C11H14KNO5. The van der Waals surface area contributed by atoms with Gasteiger partial charge in [-0.1, -0.05) is 6.92 Å². The summed E-state index contributed by atoms with van der Waals surface area (Å²) in [5.74, 6) is -2.37. The van der Waals surface area contributed by atoms with Gasteiger partial charge in [0.15, 0.2) is 0 Å². The Kier molecular flexibility index (Phi) is 5.02. The van der Waals surface area contributed by atoms with Gasteiger partial charge >= 0.3 is 51.4 Å². The second-order valence-corrected chi connectivity index (χ2v) is 4.46. The number of hydrogen-bond donors (Lipinski definition) is 1. The molecule has 0 unspecified atom stereocenters. The number of aliphatic hydroxyl groups excluding tert-OH is 1. The molecule has 2 heterocycles. The summed E-state index contributed by atoms with van der Waals surface area (Å²) in [6.45, 7) is 3.30. The molecule has 0 spiro atoms. The fraction of sp³-hybridized carbons (Fsp3) is 0.636. The molecular weight excluding hydrogens is 265 g/mol. The van der Waals surface area contributed by atoms with E-state index in [9.17, 15) is 19.8 Å². The number of hydrogen-bond acceptors (Lipinski definition) is 5. The number of fused-ring (bicyclic) bond motifs is 1. The molecule has 94 valence electrons. The van der Waals surface area contributed by atoms with Crippen LogP contribution in [0.1, 0.15) is 13.8 Å². The number of aliphatic carboxylic acids is 1. The summed E-state index contributed by atoms with van der Waals surface area (Å²) in [4.78, 5) is 24.0. The SMILES string of the molecule is COC1=C(C(=O)[O-])N2C(=O)[C@H]([C@@H](C)O)[C@H]2[C@H]1C.[K+]. The number of β-lactam (4-membered cyclic amide) rings is 1. The Morgan fingerprint density at radius 1 is 1.56 bits per heavy atom. The van der Waals surface area contributed by atoms with Crippen molar-refractivity contribution in [2.45, 2.75) is 26.0 Å². The minimum absolute atomic E-state index is 0. The van der Waals surface area contributed by atoms with Gasteiger partial charge in [-0.05, 0) is 6.92 Å². The molecule has 1 amide bonds. The van der Waals surface area contributed by atoms with Crippen LogP contribution >= 0.6 is 0 Å². The van der Waals surface area contributed by atoms with Gasteiger partial charge in [-0.15, -0.1) is 0 Å². The molecule has 18 heavy (non-hydrogen) atoms. The van der Waals surface area contributed by atoms with Crippen molar-refractivity contribution in [3.05, 3.63) is 11.5 Å². The molecule has 0 aliphatic carbocycles. The van der Waals surface area contributed by atoms with Gasteiger partial charge in [0.05, 0.1) is 31.1 Å². The van der Waals surface area contributed by atoms with Crippen LogP contribution in [-0.2, 0) is 14.3 Å². The first kappa shape index (κ1) is 16.1. The van der Waals surface area contributed by atoms with E-state index in [-0.39, 0.29) is 80.7 Å². The van der Waals surface area contributed by atoms with Crippen LogP contribution in [0.15, 0.2) is 11.5 Å². The zero-order valence-corrected chi connectivity index (χ0v) is 14.0. The van der Waals surface area contributed by atoms with Crippen molar-refractivity contribution in [3.8, 4) is 0 Å². The summed E-state index contributed by atoms with van der Waals surface area (Å²) in [5, 5.41) is 20.5. The van der Waals surface area contributed by atoms with E-state index in [1.807, 2.05) is 0 Å². The monoisotopic (exact) mass is 279 g/mol. The predicted octanol–water partition coefficient (Wildman–Crippen LogP) is -4.54. The number of nitrogens with zero attached hydrogens (tertiary/aromatic N) is 1. The number of amides is 1. The summed E-state index contributed by atoms with van der Waals surface area (Å²) < 4.78 is 5.04. The molecule has 1 saturated heterocycles. The Hall–Kier alpha value is 0.0764. The van der Waals surface area contributed by atoms with E-state index < -0.39 is 18.0 Å². The largest absolute Gasteiger partial charge is 1.00 e. The molecule has 0 aromatic carbocycles. The standard InChI is InChI=1S/C11H15NO5.K/c1-4-7-6(5(2)13)10(14)12(7)8(11(15)16)9(4)17-3;/h4-7,13H,1-3H3,(H,15,16);/q;+1/p-1/t4-,5-,6-,7-;/m1./s1. The number of methoxy groups -OCH3 is 1. The number of aliphatic hydroxyl groups is 1. The van der Waals surface area contributed by atoms with Gasteiger partial charge in [-0.25, -0.2) is 0 Å². The zero-order chi connectivity index (χ0) is 12.9. The summed E-state index contributed by atoms with van der Waals surface area (Å²) in [6, 6.07) is -0.342. The number of carboxylic acids is 1. The minimum atomic E-state index is -1.42. The van der Waals surface area contributed by atoms with Crippen LogP contribution in [-0.4, -0.2) is 41.1 Å². The van der Waals surface area contributed by atoms with E-state index in [0.29, 0.717) is 0 Å². The van der Waals surface area contributed by atoms with Crippen LogP contribution in [0.2, 0.25) is 0 Å². The summed E-state index contributed by atoms with van der Waals surface area (Å²) in [7, 11) is 1.36. The maximum Gasteiger partial charge on any atom is 1.00 e. The van der Waals surface area contributed by atoms with Crippen molar-refractivity contribution in [3.63, 3.8) is 0 Å². The van der Waals surface area contributed by atoms with Crippen LogP contribution < -0.4 is 56.5 Å². The van der Waals surface area contributed by atoms with E-state index in [1.165, 1.54) is 14.0 Å². The number of carbonyl (C=O) groups is 2. The van der Waals surface area contributed by atoms with Crippen molar-refractivity contribution < 1.29 is 75.9 Å². The number of ether oxygens (including phenoxy) is 1. The number of rotatable bonds is 3. The topological polar surface area (TPSA) is 89.9 Å². The third-order valence-electron chi connectivity index (χ3n) is 3.52. The third-order valence-corrected chi connectivity index (χ3v) is 3.52. The van der Waals surface area contributed by atoms with Gasteiger partial charge in [-0.3, -0.25) is 4.79 Å². The second kappa shape index (κ2) is 5.60. The van der Waals surface area contributed by atoms with E-state index in [0.717, 1.165) is 4.90 Å². The van der Waals surface area contributed by atoms with E-state index in [2.05, 4.69) is 0 Å².